The highest BCUT2D eigenvalue weighted by Crippen LogP contribution is 2.68. The van der Waals surface area contributed by atoms with E-state index in [4.69, 9.17) is 19.3 Å². The lowest BCUT2D eigenvalue weighted by Gasteiger charge is -2.63. The van der Waals surface area contributed by atoms with Crippen LogP contribution in [0, 0.1) is 46.3 Å². The van der Waals surface area contributed by atoms with E-state index in [2.05, 4.69) is 41.7 Å². The Kier molecular flexibility index (Phi) is 11.5. The van der Waals surface area contributed by atoms with Crippen molar-refractivity contribution in [3.63, 3.8) is 0 Å². The van der Waals surface area contributed by atoms with Gasteiger partial charge in [0.05, 0.1) is 18.0 Å². The van der Waals surface area contributed by atoms with Gasteiger partial charge in [-0.15, -0.1) is 0 Å². The molecule has 4 rings (SSSR count). The molecule has 1 amide bonds. The van der Waals surface area contributed by atoms with Gasteiger partial charge < -0.3 is 24.6 Å². The van der Waals surface area contributed by atoms with Gasteiger partial charge >= 0.3 is 7.82 Å². The Morgan fingerprint density at radius 2 is 1.77 bits per heavy atom. The SMILES string of the molecule is CCOC1CCC2(C)C(C1)CC(OC)C1C2CCC2(C)C(C(C)CCC(=O)NCCS(=O)(=O)OCOP(=O)(O)O)CCC12. The molecule has 4 aliphatic carbocycles. The smallest absolute Gasteiger partial charge is 0.381 e. The quantitative estimate of drug-likeness (QED) is 0.138. The summed E-state index contributed by atoms with van der Waals surface area (Å²) in [5.41, 5.74) is 0.571. The predicted octanol–water partition coefficient (Wildman–Crippen LogP) is 4.62. The van der Waals surface area contributed by atoms with E-state index >= 15 is 0 Å². The van der Waals surface area contributed by atoms with Gasteiger partial charge in [-0.2, -0.15) is 8.42 Å². The lowest BCUT2D eigenvalue weighted by atomic mass is 9.43. The molecule has 0 aromatic rings. The number of hydrogen-bond acceptors (Lipinski definition) is 8. The van der Waals surface area contributed by atoms with E-state index in [1.807, 2.05) is 7.11 Å². The number of nitrogens with one attached hydrogen (secondary N) is 1. The van der Waals surface area contributed by atoms with Gasteiger partial charge in [0.1, 0.15) is 0 Å². The Morgan fingerprint density at radius 1 is 1.07 bits per heavy atom. The third kappa shape index (κ3) is 8.05. The van der Waals surface area contributed by atoms with Crippen LogP contribution in [0.2, 0.25) is 0 Å². The van der Waals surface area contributed by atoms with Gasteiger partial charge in [-0.05, 0) is 111 Å². The van der Waals surface area contributed by atoms with E-state index in [0.717, 1.165) is 32.3 Å². The molecule has 0 aromatic heterocycles. The fourth-order valence-electron chi connectivity index (χ4n) is 9.96. The number of phosphoric acid groups is 1. The van der Waals surface area contributed by atoms with Crippen LogP contribution in [0.1, 0.15) is 91.9 Å². The van der Waals surface area contributed by atoms with Crippen LogP contribution < -0.4 is 5.32 Å². The number of hydrogen-bond donors (Lipinski definition) is 3. The Hall–Kier alpha value is -0.590. The minimum atomic E-state index is -4.83. The molecule has 10 unspecified atom stereocenters. The van der Waals surface area contributed by atoms with Crippen molar-refractivity contribution in [2.75, 3.05) is 32.8 Å². The fraction of sp³-hybridized carbons (Fsp3) is 0.967. The number of phosphoric ester groups is 1. The molecule has 43 heavy (non-hydrogen) atoms. The molecule has 0 heterocycles. The average molecular weight is 652 g/mol. The summed E-state index contributed by atoms with van der Waals surface area (Å²) in [5.74, 6) is 2.69. The molecular formula is C30H54NO10PS. The second kappa shape index (κ2) is 14.0. The minimum Gasteiger partial charge on any atom is -0.381 e. The number of rotatable bonds is 14. The van der Waals surface area contributed by atoms with Crippen LogP contribution in [0.25, 0.3) is 0 Å². The Morgan fingerprint density at radius 3 is 2.44 bits per heavy atom. The number of amides is 1. The first-order chi connectivity index (χ1) is 20.1. The number of carbonyl (C=O) groups excluding carboxylic acids is 1. The molecular weight excluding hydrogens is 597 g/mol. The highest BCUT2D eigenvalue weighted by Gasteiger charge is 2.63. The first kappa shape index (κ1) is 35.3. The average Bonchev–Trinajstić information content (AvgIpc) is 3.28. The van der Waals surface area contributed by atoms with E-state index < -0.39 is 30.5 Å². The predicted molar refractivity (Wildman–Crippen MR) is 161 cm³/mol. The first-order valence-corrected chi connectivity index (χ1v) is 19.2. The van der Waals surface area contributed by atoms with Crippen molar-refractivity contribution < 1.29 is 45.7 Å². The molecule has 0 aromatic carbocycles. The number of carbonyl (C=O) groups is 1. The van der Waals surface area contributed by atoms with Gasteiger partial charge in [0.2, 0.25) is 5.91 Å². The first-order valence-electron chi connectivity index (χ1n) is 16.1. The van der Waals surface area contributed by atoms with Gasteiger partial charge in [-0.1, -0.05) is 20.8 Å². The lowest BCUT2D eigenvalue weighted by Crippen LogP contribution is -2.59. The van der Waals surface area contributed by atoms with Gasteiger partial charge in [0, 0.05) is 26.7 Å². The van der Waals surface area contributed by atoms with Crippen LogP contribution in [0.4, 0.5) is 0 Å². The van der Waals surface area contributed by atoms with E-state index in [-0.39, 0.29) is 24.0 Å². The summed E-state index contributed by atoms with van der Waals surface area (Å²) in [7, 11) is -7.03. The summed E-state index contributed by atoms with van der Waals surface area (Å²) in [5, 5.41) is 2.63. The van der Waals surface area contributed by atoms with Crippen LogP contribution in [0.15, 0.2) is 0 Å². The van der Waals surface area contributed by atoms with Crippen molar-refractivity contribution in [3.05, 3.63) is 0 Å². The summed E-state index contributed by atoms with van der Waals surface area (Å²) in [4.78, 5) is 29.8. The van der Waals surface area contributed by atoms with Crippen molar-refractivity contribution in [1.29, 1.82) is 0 Å². The molecule has 250 valence electrons. The molecule has 3 N–H and O–H groups in total. The van der Waals surface area contributed by atoms with E-state index in [1.54, 1.807) is 0 Å². The molecule has 4 saturated carbocycles. The fourth-order valence-corrected chi connectivity index (χ4v) is 10.9. The molecule has 4 fully saturated rings. The topological polar surface area (TPSA) is 158 Å². The third-order valence-electron chi connectivity index (χ3n) is 12.0. The molecule has 13 heteroatoms. The van der Waals surface area contributed by atoms with Gasteiger partial charge in [0.25, 0.3) is 10.1 Å². The Balaban J connectivity index is 1.30. The van der Waals surface area contributed by atoms with Crippen LogP contribution >= 0.6 is 7.82 Å². The van der Waals surface area contributed by atoms with E-state index in [9.17, 15) is 17.8 Å². The summed E-state index contributed by atoms with van der Waals surface area (Å²) in [6.07, 6.45) is 11.2. The standard InChI is InChI=1S/C30H54NO10PS/c1-6-39-22-11-13-29(3)21(17-22)18-26(38-5)28-24-9-8-23(30(24,4)14-12-25(28)29)20(2)7-10-27(32)31-15-16-43(36,37)41-19-40-42(33,34)35/h20-26,28H,6-19H2,1-5H3,(H,31,32)(H2,33,34,35). The van der Waals surface area contributed by atoms with Crippen molar-refractivity contribution >= 4 is 23.8 Å². The zero-order valence-corrected chi connectivity index (χ0v) is 28.2. The number of methoxy groups -OCH3 is 1. The van der Waals surface area contributed by atoms with E-state index in [1.165, 1.54) is 32.1 Å². The minimum absolute atomic E-state index is 0.152. The van der Waals surface area contributed by atoms with E-state index in [0.29, 0.717) is 53.4 Å². The van der Waals surface area contributed by atoms with Crippen LogP contribution in [-0.4, -0.2) is 69.1 Å². The molecule has 11 nitrogen and oxygen atoms in total. The monoisotopic (exact) mass is 651 g/mol. The number of fused-ring (bicyclic) bond motifs is 5. The molecule has 0 aliphatic heterocycles. The summed E-state index contributed by atoms with van der Waals surface area (Å²) < 4.78 is 55.2. The second-order valence-electron chi connectivity index (χ2n) is 14.1. The Bertz CT molecular complexity index is 1120. The normalized spacial score (nSPS) is 38.5. The maximum absolute atomic E-state index is 12.6. The zero-order valence-electron chi connectivity index (χ0n) is 26.5. The van der Waals surface area contributed by atoms with Gasteiger partial charge in [-0.3, -0.25) is 9.32 Å². The number of ether oxygens (including phenoxy) is 2. The van der Waals surface area contributed by atoms with Crippen LogP contribution in [-0.2, 0) is 37.7 Å². The maximum Gasteiger partial charge on any atom is 0.471 e. The van der Waals surface area contributed by atoms with Crippen molar-refractivity contribution in [2.24, 2.45) is 46.3 Å². The van der Waals surface area contributed by atoms with Gasteiger partial charge in [-0.25, -0.2) is 8.75 Å². The second-order valence-corrected chi connectivity index (χ2v) is 17.1. The highest BCUT2D eigenvalue weighted by molar-refractivity contribution is 7.86. The maximum atomic E-state index is 12.6. The molecule has 0 bridgehead atoms. The van der Waals surface area contributed by atoms with Crippen LogP contribution in [0.5, 0.6) is 0 Å². The van der Waals surface area contributed by atoms with Gasteiger partial charge in [0.15, 0.2) is 6.79 Å². The third-order valence-corrected chi connectivity index (χ3v) is 13.6. The summed E-state index contributed by atoms with van der Waals surface area (Å²) in [6, 6.07) is 0. The molecule has 0 spiro atoms. The largest absolute Gasteiger partial charge is 0.471 e. The molecule has 10 atom stereocenters. The molecule has 4 aliphatic rings. The van der Waals surface area contributed by atoms with Crippen molar-refractivity contribution in [3.8, 4) is 0 Å². The zero-order chi connectivity index (χ0) is 31.6. The van der Waals surface area contributed by atoms with Crippen molar-refractivity contribution in [1.82, 2.24) is 5.32 Å². The van der Waals surface area contributed by atoms with Crippen molar-refractivity contribution in [2.45, 2.75) is 104 Å². The molecule has 0 radical (unpaired) electrons. The summed E-state index contributed by atoms with van der Waals surface area (Å²) >= 11 is 0. The highest BCUT2D eigenvalue weighted by atomic mass is 32.2. The summed E-state index contributed by atoms with van der Waals surface area (Å²) in [6.45, 7) is 8.96. The lowest BCUT2D eigenvalue weighted by molar-refractivity contribution is -0.185. The Labute approximate surface area is 257 Å². The van der Waals surface area contributed by atoms with Crippen LogP contribution in [0.3, 0.4) is 0 Å². The molecule has 0 saturated heterocycles.